The van der Waals surface area contributed by atoms with Gasteiger partial charge in [0.15, 0.2) is 5.96 Å². The molecule has 0 aliphatic carbocycles. The minimum absolute atomic E-state index is 0. The molecule has 132 valence electrons. The standard InChI is InChI=1S/C16H24N6S.HI/c1-12-20-14(11-23-12)10-22(5)16(17-2)19-9-13-6-7-15(18-8-13)21(3)4;/h6-8,11H,9-10H2,1-5H3,(H,17,19);1H. The molecule has 1 N–H and O–H groups in total. The number of aryl methyl sites for hydroxylation is 1. The molecule has 2 aromatic rings. The molecule has 8 heteroatoms. The Balaban J connectivity index is 0.00000288. The van der Waals surface area contributed by atoms with Crippen LogP contribution in [-0.2, 0) is 13.1 Å². The van der Waals surface area contributed by atoms with E-state index >= 15 is 0 Å². The van der Waals surface area contributed by atoms with E-state index in [4.69, 9.17) is 0 Å². The molecule has 0 amide bonds. The maximum Gasteiger partial charge on any atom is 0.194 e. The zero-order valence-electron chi connectivity index (χ0n) is 14.8. The number of thiazole rings is 1. The van der Waals surface area contributed by atoms with Gasteiger partial charge in [0, 0.05) is 46.3 Å². The van der Waals surface area contributed by atoms with Gasteiger partial charge in [-0.3, -0.25) is 4.99 Å². The highest BCUT2D eigenvalue weighted by atomic mass is 127. The summed E-state index contributed by atoms with van der Waals surface area (Å²) < 4.78 is 0. The van der Waals surface area contributed by atoms with Crippen LogP contribution in [0.1, 0.15) is 16.3 Å². The Morgan fingerprint density at radius 3 is 2.54 bits per heavy atom. The number of halogens is 1. The normalized spacial score (nSPS) is 11.0. The molecular formula is C16H25IN6S. The van der Waals surface area contributed by atoms with Crippen molar-refractivity contribution in [1.29, 1.82) is 0 Å². The molecule has 0 aliphatic heterocycles. The maximum absolute atomic E-state index is 4.49. The van der Waals surface area contributed by atoms with E-state index in [2.05, 4.69) is 36.6 Å². The van der Waals surface area contributed by atoms with Crippen molar-refractivity contribution in [3.05, 3.63) is 40.0 Å². The summed E-state index contributed by atoms with van der Waals surface area (Å²) in [5.41, 5.74) is 2.18. The topological polar surface area (TPSA) is 56.7 Å². The minimum atomic E-state index is 0. The molecule has 0 saturated carbocycles. The van der Waals surface area contributed by atoms with Crippen molar-refractivity contribution in [2.75, 3.05) is 33.1 Å². The lowest BCUT2D eigenvalue weighted by atomic mass is 10.3. The number of nitrogens with one attached hydrogen (secondary N) is 1. The first kappa shape index (κ1) is 20.6. The van der Waals surface area contributed by atoms with Gasteiger partial charge in [0.25, 0.3) is 0 Å². The predicted molar refractivity (Wildman–Crippen MR) is 112 cm³/mol. The van der Waals surface area contributed by atoms with Gasteiger partial charge in [-0.2, -0.15) is 0 Å². The molecule has 2 aromatic heterocycles. The molecule has 2 heterocycles. The van der Waals surface area contributed by atoms with Crippen molar-refractivity contribution in [1.82, 2.24) is 20.2 Å². The van der Waals surface area contributed by atoms with Gasteiger partial charge in [-0.15, -0.1) is 35.3 Å². The van der Waals surface area contributed by atoms with E-state index in [9.17, 15) is 0 Å². The van der Waals surface area contributed by atoms with Crippen LogP contribution >= 0.6 is 35.3 Å². The van der Waals surface area contributed by atoms with Crippen LogP contribution in [-0.4, -0.2) is 49.0 Å². The van der Waals surface area contributed by atoms with Crippen LogP contribution in [0.4, 0.5) is 5.82 Å². The predicted octanol–water partition coefficient (Wildman–Crippen LogP) is 2.74. The summed E-state index contributed by atoms with van der Waals surface area (Å²) in [6.07, 6.45) is 1.89. The number of pyridine rings is 1. The molecule has 0 spiro atoms. The maximum atomic E-state index is 4.49. The molecule has 24 heavy (non-hydrogen) atoms. The van der Waals surface area contributed by atoms with Crippen molar-refractivity contribution < 1.29 is 0 Å². The Morgan fingerprint density at radius 2 is 2.04 bits per heavy atom. The van der Waals surface area contributed by atoms with E-state index in [1.165, 1.54) is 0 Å². The van der Waals surface area contributed by atoms with Crippen molar-refractivity contribution in [3.8, 4) is 0 Å². The Bertz CT molecular complexity index is 653. The summed E-state index contributed by atoms with van der Waals surface area (Å²) in [6, 6.07) is 4.09. The second-order valence-electron chi connectivity index (χ2n) is 5.53. The number of hydrogen-bond acceptors (Lipinski definition) is 5. The second-order valence-corrected chi connectivity index (χ2v) is 6.60. The van der Waals surface area contributed by atoms with Gasteiger partial charge in [0.05, 0.1) is 17.2 Å². The lowest BCUT2D eigenvalue weighted by Crippen LogP contribution is -2.38. The van der Waals surface area contributed by atoms with Gasteiger partial charge in [-0.05, 0) is 18.6 Å². The number of nitrogens with zero attached hydrogens (tertiary/aromatic N) is 5. The first-order chi connectivity index (χ1) is 11.0. The molecule has 0 unspecified atom stereocenters. The quantitative estimate of drug-likeness (QED) is 0.423. The average molecular weight is 460 g/mol. The van der Waals surface area contributed by atoms with E-state index in [1.807, 2.05) is 45.2 Å². The highest BCUT2D eigenvalue weighted by Crippen LogP contribution is 2.10. The first-order valence-corrected chi connectivity index (χ1v) is 8.32. The van der Waals surface area contributed by atoms with E-state index < -0.39 is 0 Å². The molecule has 0 fully saturated rings. The van der Waals surface area contributed by atoms with Gasteiger partial charge in [0.1, 0.15) is 5.82 Å². The summed E-state index contributed by atoms with van der Waals surface area (Å²) in [4.78, 5) is 17.3. The van der Waals surface area contributed by atoms with Gasteiger partial charge >= 0.3 is 0 Å². The Kier molecular flexibility index (Phi) is 8.40. The van der Waals surface area contributed by atoms with Crippen LogP contribution in [0.5, 0.6) is 0 Å². The number of aromatic nitrogens is 2. The Hall–Kier alpha value is -1.42. The highest BCUT2D eigenvalue weighted by molar-refractivity contribution is 14.0. The van der Waals surface area contributed by atoms with Crippen molar-refractivity contribution >= 4 is 47.1 Å². The Labute approximate surface area is 165 Å². The van der Waals surface area contributed by atoms with Gasteiger partial charge in [-0.1, -0.05) is 6.07 Å². The lowest BCUT2D eigenvalue weighted by molar-refractivity contribution is 0.470. The summed E-state index contributed by atoms with van der Waals surface area (Å²) in [7, 11) is 7.77. The third-order valence-corrected chi connectivity index (χ3v) is 4.18. The zero-order valence-corrected chi connectivity index (χ0v) is 17.9. The summed E-state index contributed by atoms with van der Waals surface area (Å²) in [5.74, 6) is 1.79. The smallest absolute Gasteiger partial charge is 0.194 e. The Morgan fingerprint density at radius 1 is 1.29 bits per heavy atom. The van der Waals surface area contributed by atoms with E-state index in [0.29, 0.717) is 6.54 Å². The highest BCUT2D eigenvalue weighted by Gasteiger charge is 2.08. The molecule has 0 aliphatic rings. The second kappa shape index (κ2) is 9.77. The third-order valence-electron chi connectivity index (χ3n) is 3.36. The molecule has 6 nitrogen and oxygen atoms in total. The number of guanidine groups is 1. The van der Waals surface area contributed by atoms with Crippen LogP contribution in [0.25, 0.3) is 0 Å². The molecule has 0 bridgehead atoms. The molecule has 0 atom stereocenters. The van der Waals surface area contributed by atoms with Gasteiger partial charge in [-0.25, -0.2) is 9.97 Å². The number of rotatable bonds is 5. The van der Waals surface area contributed by atoms with Crippen LogP contribution in [0.3, 0.4) is 0 Å². The van der Waals surface area contributed by atoms with Gasteiger partial charge in [0.2, 0.25) is 0 Å². The van der Waals surface area contributed by atoms with E-state index in [0.717, 1.165) is 34.6 Å². The fourth-order valence-electron chi connectivity index (χ4n) is 2.15. The number of anilines is 1. The zero-order chi connectivity index (χ0) is 16.8. The van der Waals surface area contributed by atoms with Crippen LogP contribution in [0.15, 0.2) is 28.7 Å². The SMILES string of the molecule is CN=C(NCc1ccc(N(C)C)nc1)N(C)Cc1csc(C)n1.I. The van der Waals surface area contributed by atoms with Crippen molar-refractivity contribution in [2.45, 2.75) is 20.0 Å². The molecular weight excluding hydrogens is 435 g/mol. The fourth-order valence-corrected chi connectivity index (χ4v) is 2.75. The van der Waals surface area contributed by atoms with Crippen molar-refractivity contribution in [3.63, 3.8) is 0 Å². The van der Waals surface area contributed by atoms with Crippen LogP contribution < -0.4 is 10.2 Å². The monoisotopic (exact) mass is 460 g/mol. The average Bonchev–Trinajstić information content (AvgIpc) is 2.93. The summed E-state index contributed by atoms with van der Waals surface area (Å²) in [5, 5.41) is 6.53. The van der Waals surface area contributed by atoms with Crippen molar-refractivity contribution in [2.24, 2.45) is 4.99 Å². The third kappa shape index (κ3) is 5.90. The number of aliphatic imine (C=N–C) groups is 1. The minimum Gasteiger partial charge on any atom is -0.363 e. The van der Waals surface area contributed by atoms with E-state index in [1.54, 1.807) is 18.4 Å². The van der Waals surface area contributed by atoms with E-state index in [-0.39, 0.29) is 24.0 Å². The largest absolute Gasteiger partial charge is 0.363 e. The number of hydrogen-bond donors (Lipinski definition) is 1. The molecule has 0 radical (unpaired) electrons. The molecule has 2 rings (SSSR count). The van der Waals surface area contributed by atoms with Crippen LogP contribution in [0, 0.1) is 6.92 Å². The van der Waals surface area contributed by atoms with Gasteiger partial charge < -0.3 is 15.1 Å². The molecule has 0 saturated heterocycles. The van der Waals surface area contributed by atoms with Crippen LogP contribution in [0.2, 0.25) is 0 Å². The first-order valence-electron chi connectivity index (χ1n) is 7.44. The summed E-state index contributed by atoms with van der Waals surface area (Å²) in [6.45, 7) is 3.45. The fraction of sp³-hybridized carbons (Fsp3) is 0.438. The summed E-state index contributed by atoms with van der Waals surface area (Å²) >= 11 is 1.67. The lowest BCUT2D eigenvalue weighted by Gasteiger charge is -2.21. The molecule has 0 aromatic carbocycles.